The topological polar surface area (TPSA) is 47.1 Å². The maximum atomic E-state index is 12.4. The van der Waals surface area contributed by atoms with Crippen molar-refractivity contribution in [3.8, 4) is 0 Å². The van der Waals surface area contributed by atoms with Gasteiger partial charge in [0.15, 0.2) is 0 Å². The van der Waals surface area contributed by atoms with Gasteiger partial charge in [0.05, 0.1) is 24.4 Å². The van der Waals surface area contributed by atoms with E-state index in [1.807, 2.05) is 60.0 Å². The van der Waals surface area contributed by atoms with E-state index >= 15 is 0 Å². The van der Waals surface area contributed by atoms with Gasteiger partial charge in [-0.3, -0.25) is 29.2 Å². The van der Waals surface area contributed by atoms with E-state index in [-0.39, 0.29) is 36.2 Å². The van der Waals surface area contributed by atoms with Crippen molar-refractivity contribution >= 4 is 23.2 Å². The summed E-state index contributed by atoms with van der Waals surface area (Å²) >= 11 is 0. The van der Waals surface area contributed by atoms with Crippen LogP contribution in [0.1, 0.15) is 65.5 Å². The summed E-state index contributed by atoms with van der Waals surface area (Å²) in [6, 6.07) is 16.2. The van der Waals surface area contributed by atoms with Crippen LogP contribution in [-0.2, 0) is 9.59 Å². The van der Waals surface area contributed by atoms with E-state index in [9.17, 15) is 9.59 Å². The second-order valence-electron chi connectivity index (χ2n) is 10.1. The van der Waals surface area contributed by atoms with Crippen LogP contribution >= 0.6 is 0 Å². The first-order valence-electron chi connectivity index (χ1n) is 13.4. The van der Waals surface area contributed by atoms with Crippen LogP contribution in [0.25, 0.3) is 0 Å². The highest BCUT2D eigenvalue weighted by molar-refractivity contribution is 6.00. The maximum absolute atomic E-state index is 12.4. The second-order valence-corrected chi connectivity index (χ2v) is 10.1. The Kier molecular flexibility index (Phi) is 9.31. The molecule has 2 fully saturated rings. The van der Waals surface area contributed by atoms with E-state index in [1.165, 1.54) is 0 Å². The highest BCUT2D eigenvalue weighted by atomic mass is 16.2. The number of carbonyl (C=O) groups excluding carboxylic acids is 2. The van der Waals surface area contributed by atoms with E-state index in [0.29, 0.717) is 0 Å². The van der Waals surface area contributed by atoms with Crippen LogP contribution in [0.4, 0.5) is 11.4 Å². The van der Waals surface area contributed by atoms with Crippen LogP contribution < -0.4 is 9.80 Å². The molecule has 4 rings (SSSR count). The maximum Gasteiger partial charge on any atom is 0.245 e. The summed E-state index contributed by atoms with van der Waals surface area (Å²) in [5, 5.41) is 0. The predicted molar refractivity (Wildman–Crippen MR) is 149 cm³/mol. The summed E-state index contributed by atoms with van der Waals surface area (Å²) in [5.41, 5.74) is 4.40. The summed E-state index contributed by atoms with van der Waals surface area (Å²) in [6.45, 7) is 18.6. The van der Waals surface area contributed by atoms with Crippen molar-refractivity contribution in [1.29, 1.82) is 0 Å². The lowest BCUT2D eigenvalue weighted by Crippen LogP contribution is -2.38. The molecule has 0 spiro atoms. The monoisotopic (exact) mass is 492 g/mol. The second kappa shape index (κ2) is 12.0. The van der Waals surface area contributed by atoms with Gasteiger partial charge in [-0.25, -0.2) is 0 Å². The van der Waals surface area contributed by atoms with Crippen LogP contribution in [0.5, 0.6) is 0 Å². The number of anilines is 2. The van der Waals surface area contributed by atoms with Crippen LogP contribution in [0.3, 0.4) is 0 Å². The lowest BCUT2D eigenvalue weighted by Gasteiger charge is -2.28. The molecule has 0 aliphatic carbocycles. The average Bonchev–Trinajstić information content (AvgIpc) is 3.19. The number of amides is 2. The lowest BCUT2D eigenvalue weighted by atomic mass is 10.1. The molecule has 2 aromatic carbocycles. The average molecular weight is 493 g/mol. The van der Waals surface area contributed by atoms with Crippen molar-refractivity contribution in [2.75, 3.05) is 22.9 Å². The number of hydrogen-bond acceptors (Lipinski definition) is 4. The predicted octanol–water partition coefficient (Wildman–Crippen LogP) is 5.58. The molecular weight excluding hydrogens is 448 g/mol. The fourth-order valence-corrected chi connectivity index (χ4v) is 5.58. The quantitative estimate of drug-likeness (QED) is 0.528. The first-order chi connectivity index (χ1) is 17.1. The Morgan fingerprint density at radius 2 is 0.944 bits per heavy atom. The minimum atomic E-state index is -0.0143. The zero-order valence-electron chi connectivity index (χ0n) is 23.4. The molecule has 2 aliphatic rings. The van der Waals surface area contributed by atoms with E-state index in [1.54, 1.807) is 0 Å². The Hall–Kier alpha value is -2.70. The standard InChI is InChI=1S/2C15H22N2O/c2*1-5-10-16-12(3)15(18)17(13(16)4)14-9-7-6-8-11(14)2/h2*6-9,12-13H,5,10H2,1-4H3/t2*12-,13+/m10/s1. The number of aryl methyl sites for hydroxylation is 2. The first kappa shape index (κ1) is 27.9. The van der Waals surface area contributed by atoms with Gasteiger partial charge in [0.25, 0.3) is 0 Å². The molecule has 0 saturated carbocycles. The number of benzene rings is 2. The van der Waals surface area contributed by atoms with E-state index in [2.05, 4.69) is 63.5 Å². The Labute approximate surface area is 217 Å². The minimum Gasteiger partial charge on any atom is -0.295 e. The third-order valence-electron chi connectivity index (χ3n) is 7.61. The molecule has 4 atom stereocenters. The molecule has 0 N–H and O–H groups in total. The van der Waals surface area contributed by atoms with E-state index in [4.69, 9.17) is 0 Å². The molecule has 6 nitrogen and oxygen atoms in total. The number of hydrogen-bond donors (Lipinski definition) is 0. The largest absolute Gasteiger partial charge is 0.295 e. The van der Waals surface area contributed by atoms with Crippen LogP contribution in [0.15, 0.2) is 48.5 Å². The van der Waals surface area contributed by atoms with Gasteiger partial charge in [-0.05, 0) is 77.6 Å². The van der Waals surface area contributed by atoms with Crippen molar-refractivity contribution in [2.45, 2.75) is 92.6 Å². The molecule has 2 heterocycles. The molecule has 36 heavy (non-hydrogen) atoms. The zero-order chi connectivity index (χ0) is 26.6. The minimum absolute atomic E-state index is 0.0143. The molecule has 0 aromatic heterocycles. The van der Waals surface area contributed by atoms with Crippen LogP contribution in [0, 0.1) is 13.8 Å². The number of carbonyl (C=O) groups is 2. The number of para-hydroxylation sites is 2. The fraction of sp³-hybridized carbons (Fsp3) is 0.533. The van der Waals surface area contributed by atoms with Gasteiger partial charge in [-0.1, -0.05) is 50.2 Å². The molecule has 196 valence electrons. The third-order valence-corrected chi connectivity index (χ3v) is 7.61. The Morgan fingerprint density at radius 3 is 1.25 bits per heavy atom. The number of rotatable bonds is 6. The summed E-state index contributed by atoms with van der Waals surface area (Å²) in [5.74, 6) is 0.426. The summed E-state index contributed by atoms with van der Waals surface area (Å²) in [7, 11) is 0. The van der Waals surface area contributed by atoms with Crippen molar-refractivity contribution in [2.24, 2.45) is 0 Å². The van der Waals surface area contributed by atoms with Gasteiger partial charge in [0.1, 0.15) is 0 Å². The summed E-state index contributed by atoms with van der Waals surface area (Å²) in [6.07, 6.45) is 2.44. The van der Waals surface area contributed by atoms with Gasteiger partial charge in [0, 0.05) is 24.5 Å². The smallest absolute Gasteiger partial charge is 0.245 e. The number of nitrogens with zero attached hydrogens (tertiary/aromatic N) is 4. The first-order valence-corrected chi connectivity index (χ1v) is 13.4. The Balaban J connectivity index is 0.000000201. The van der Waals surface area contributed by atoms with Crippen LogP contribution in [0.2, 0.25) is 0 Å². The summed E-state index contributed by atoms with van der Waals surface area (Å²) in [4.78, 5) is 33.3. The molecule has 0 bridgehead atoms. The molecule has 6 heteroatoms. The van der Waals surface area contributed by atoms with Gasteiger partial charge >= 0.3 is 0 Å². The van der Waals surface area contributed by atoms with Crippen LogP contribution in [-0.4, -0.2) is 59.1 Å². The molecule has 2 aromatic rings. The highest BCUT2D eigenvalue weighted by Gasteiger charge is 2.42. The molecule has 2 aliphatic heterocycles. The third kappa shape index (κ3) is 5.35. The Bertz CT molecular complexity index is 971. The zero-order valence-corrected chi connectivity index (χ0v) is 23.4. The normalized spacial score (nSPS) is 24.9. The van der Waals surface area contributed by atoms with Gasteiger partial charge < -0.3 is 0 Å². The van der Waals surface area contributed by atoms with Gasteiger partial charge in [0.2, 0.25) is 11.8 Å². The van der Waals surface area contributed by atoms with Crippen molar-refractivity contribution in [3.05, 3.63) is 59.7 Å². The Morgan fingerprint density at radius 1 is 0.611 bits per heavy atom. The molecule has 0 radical (unpaired) electrons. The van der Waals surface area contributed by atoms with Crippen molar-refractivity contribution in [3.63, 3.8) is 0 Å². The summed E-state index contributed by atoms with van der Waals surface area (Å²) < 4.78 is 0. The molecule has 2 amide bonds. The highest BCUT2D eigenvalue weighted by Crippen LogP contribution is 2.31. The van der Waals surface area contributed by atoms with E-state index < -0.39 is 0 Å². The lowest BCUT2D eigenvalue weighted by molar-refractivity contribution is -0.120. The van der Waals surface area contributed by atoms with Crippen molar-refractivity contribution < 1.29 is 9.59 Å². The van der Waals surface area contributed by atoms with Gasteiger partial charge in [-0.15, -0.1) is 0 Å². The molecular formula is C30H44N4O2. The van der Waals surface area contributed by atoms with E-state index in [0.717, 1.165) is 48.4 Å². The SMILES string of the molecule is CCCN1[C@@H](C)C(=O)N(c2ccccc2C)[C@@H]1C.CCCN1[C@H](C)C(=O)N(c2ccccc2C)[C@H]1C. The fourth-order valence-electron chi connectivity index (χ4n) is 5.58. The van der Waals surface area contributed by atoms with Gasteiger partial charge in [-0.2, -0.15) is 0 Å². The molecule has 2 saturated heterocycles. The van der Waals surface area contributed by atoms with Crippen molar-refractivity contribution in [1.82, 2.24) is 9.80 Å². The molecule has 0 unspecified atom stereocenters.